The van der Waals surface area contributed by atoms with Crippen LogP contribution in [-0.2, 0) is 16.1 Å². The van der Waals surface area contributed by atoms with E-state index >= 15 is 0 Å². The molecule has 1 aliphatic heterocycles. The summed E-state index contributed by atoms with van der Waals surface area (Å²) in [7, 11) is 0. The first-order valence-electron chi connectivity index (χ1n) is 7.43. The molecule has 1 aromatic heterocycles. The van der Waals surface area contributed by atoms with Gasteiger partial charge in [0.05, 0.1) is 12.1 Å². The molecule has 0 aliphatic carbocycles. The van der Waals surface area contributed by atoms with Crippen LogP contribution in [0.5, 0.6) is 0 Å². The molecule has 3 atom stereocenters. The second-order valence-electron chi connectivity index (χ2n) is 5.86. The van der Waals surface area contributed by atoms with Crippen molar-refractivity contribution in [2.24, 2.45) is 5.92 Å². The molecule has 21 heavy (non-hydrogen) atoms. The van der Waals surface area contributed by atoms with Gasteiger partial charge in [0.25, 0.3) is 0 Å². The Kier molecular flexibility index (Phi) is 4.66. The second kappa shape index (κ2) is 6.13. The molecule has 3 unspecified atom stereocenters. The van der Waals surface area contributed by atoms with Crippen molar-refractivity contribution in [2.75, 3.05) is 0 Å². The van der Waals surface area contributed by atoms with Crippen LogP contribution in [-0.4, -0.2) is 33.3 Å². The summed E-state index contributed by atoms with van der Waals surface area (Å²) in [5, 5.41) is 2.93. The third-order valence-electron chi connectivity index (χ3n) is 4.60. The molecular formula is C15H23N3O2S. The number of aromatic nitrogens is 1. The van der Waals surface area contributed by atoms with Crippen molar-refractivity contribution in [1.82, 2.24) is 15.2 Å². The molecule has 1 fully saturated rings. The van der Waals surface area contributed by atoms with Gasteiger partial charge in [-0.15, -0.1) is 11.3 Å². The van der Waals surface area contributed by atoms with Crippen molar-refractivity contribution in [2.45, 2.75) is 58.7 Å². The summed E-state index contributed by atoms with van der Waals surface area (Å²) in [5.41, 5.74) is 0.963. The summed E-state index contributed by atoms with van der Waals surface area (Å²) in [6, 6.07) is -0.421. The molecule has 1 N–H and O–H groups in total. The zero-order valence-corrected chi connectivity index (χ0v) is 13.9. The number of rotatable bonds is 5. The predicted molar refractivity (Wildman–Crippen MR) is 82.7 cm³/mol. The van der Waals surface area contributed by atoms with Crippen LogP contribution >= 0.6 is 11.3 Å². The molecule has 2 amide bonds. The number of hydrogen-bond donors (Lipinski definition) is 1. The van der Waals surface area contributed by atoms with Crippen molar-refractivity contribution in [3.63, 3.8) is 0 Å². The number of piperazine rings is 1. The number of thiazole rings is 1. The van der Waals surface area contributed by atoms with Crippen molar-refractivity contribution < 1.29 is 9.59 Å². The van der Waals surface area contributed by atoms with Crippen LogP contribution in [0.1, 0.15) is 45.4 Å². The van der Waals surface area contributed by atoms with E-state index in [2.05, 4.69) is 10.3 Å². The molecule has 5 nitrogen and oxygen atoms in total. The minimum Gasteiger partial charge on any atom is -0.342 e. The Morgan fingerprint density at radius 2 is 2.19 bits per heavy atom. The molecule has 2 rings (SSSR count). The molecule has 6 heteroatoms. The number of nitrogens with zero attached hydrogens (tertiary/aromatic N) is 2. The van der Waals surface area contributed by atoms with Gasteiger partial charge < -0.3 is 10.2 Å². The second-order valence-corrected chi connectivity index (χ2v) is 6.83. The van der Waals surface area contributed by atoms with Gasteiger partial charge in [-0.05, 0) is 19.3 Å². The summed E-state index contributed by atoms with van der Waals surface area (Å²) in [4.78, 5) is 32.2. The van der Waals surface area contributed by atoms with E-state index in [0.717, 1.165) is 11.3 Å². The van der Waals surface area contributed by atoms with E-state index in [0.29, 0.717) is 13.0 Å². The topological polar surface area (TPSA) is 62.3 Å². The molecule has 116 valence electrons. The number of nitrogens with one attached hydrogen (secondary N) is 1. The minimum atomic E-state index is -0.787. The molecule has 2 heterocycles. The molecule has 1 saturated heterocycles. The average Bonchev–Trinajstić information content (AvgIpc) is 2.99. The fourth-order valence-corrected chi connectivity index (χ4v) is 3.18. The maximum atomic E-state index is 12.9. The lowest BCUT2D eigenvalue weighted by atomic mass is 9.86. The fraction of sp³-hybridized carbons (Fsp3) is 0.667. The summed E-state index contributed by atoms with van der Waals surface area (Å²) in [6.07, 6.45) is 3.21. The van der Waals surface area contributed by atoms with E-state index in [4.69, 9.17) is 0 Å². The Balaban J connectivity index is 2.33. The summed E-state index contributed by atoms with van der Waals surface area (Å²) in [6.45, 7) is 8.27. The van der Waals surface area contributed by atoms with E-state index in [1.165, 1.54) is 11.3 Å². The zero-order chi connectivity index (χ0) is 15.6. The lowest BCUT2D eigenvalue weighted by molar-refractivity contribution is -0.159. The van der Waals surface area contributed by atoms with Gasteiger partial charge in [-0.2, -0.15) is 0 Å². The van der Waals surface area contributed by atoms with E-state index in [1.54, 1.807) is 16.6 Å². The highest BCUT2D eigenvalue weighted by Crippen LogP contribution is 2.30. The Labute approximate surface area is 129 Å². The highest BCUT2D eigenvalue weighted by atomic mass is 32.1. The van der Waals surface area contributed by atoms with Gasteiger partial charge in [0.2, 0.25) is 11.8 Å². The van der Waals surface area contributed by atoms with Crippen molar-refractivity contribution in [3.8, 4) is 0 Å². The van der Waals surface area contributed by atoms with Crippen molar-refractivity contribution in [3.05, 3.63) is 16.6 Å². The Morgan fingerprint density at radius 1 is 1.48 bits per heavy atom. The standard InChI is InChI=1S/C15H23N3O2S/c1-5-10(3)12-13(19)18(8-11-7-16-9-21-11)15(4,6-2)14(20)17-12/h7,9-10,12H,5-6,8H2,1-4H3,(H,17,20). The van der Waals surface area contributed by atoms with Gasteiger partial charge in [0.1, 0.15) is 11.6 Å². The first-order valence-corrected chi connectivity index (χ1v) is 8.31. The van der Waals surface area contributed by atoms with Gasteiger partial charge in [0, 0.05) is 11.1 Å². The highest BCUT2D eigenvalue weighted by Gasteiger charge is 2.49. The summed E-state index contributed by atoms with van der Waals surface area (Å²) >= 11 is 1.51. The molecule has 0 spiro atoms. The maximum Gasteiger partial charge on any atom is 0.246 e. The van der Waals surface area contributed by atoms with E-state index < -0.39 is 11.6 Å². The van der Waals surface area contributed by atoms with Crippen LogP contribution in [0, 0.1) is 5.92 Å². The number of carbonyl (C=O) groups excluding carboxylic acids is 2. The van der Waals surface area contributed by atoms with Crippen LogP contribution in [0.25, 0.3) is 0 Å². The van der Waals surface area contributed by atoms with Crippen LogP contribution in [0.4, 0.5) is 0 Å². The van der Waals surface area contributed by atoms with Gasteiger partial charge in [-0.3, -0.25) is 14.6 Å². The van der Waals surface area contributed by atoms with Crippen LogP contribution in [0.15, 0.2) is 11.7 Å². The molecule has 0 saturated carbocycles. The molecule has 0 radical (unpaired) electrons. The lowest BCUT2D eigenvalue weighted by Crippen LogP contribution is -2.70. The molecule has 0 aromatic carbocycles. The number of hydrogen-bond acceptors (Lipinski definition) is 4. The fourth-order valence-electron chi connectivity index (χ4n) is 2.59. The smallest absolute Gasteiger partial charge is 0.246 e. The van der Waals surface area contributed by atoms with E-state index in [-0.39, 0.29) is 17.7 Å². The van der Waals surface area contributed by atoms with Gasteiger partial charge in [-0.1, -0.05) is 27.2 Å². The van der Waals surface area contributed by atoms with Crippen LogP contribution < -0.4 is 5.32 Å². The quantitative estimate of drug-likeness (QED) is 0.907. The summed E-state index contributed by atoms with van der Waals surface area (Å²) < 4.78 is 0. The van der Waals surface area contributed by atoms with Crippen molar-refractivity contribution in [1.29, 1.82) is 0 Å². The number of amides is 2. The Morgan fingerprint density at radius 3 is 2.71 bits per heavy atom. The summed E-state index contributed by atoms with van der Waals surface area (Å²) in [5.74, 6) is 0.0907. The highest BCUT2D eigenvalue weighted by molar-refractivity contribution is 7.09. The van der Waals surface area contributed by atoms with Crippen molar-refractivity contribution >= 4 is 23.2 Å². The molecule has 1 aliphatic rings. The van der Waals surface area contributed by atoms with E-state index in [1.807, 2.05) is 27.7 Å². The van der Waals surface area contributed by atoms with Gasteiger partial charge >= 0.3 is 0 Å². The van der Waals surface area contributed by atoms with Gasteiger partial charge in [0.15, 0.2) is 0 Å². The minimum absolute atomic E-state index is 0.0155. The van der Waals surface area contributed by atoms with Crippen LogP contribution in [0.3, 0.4) is 0 Å². The monoisotopic (exact) mass is 309 g/mol. The van der Waals surface area contributed by atoms with E-state index in [9.17, 15) is 9.59 Å². The third kappa shape index (κ3) is 2.81. The lowest BCUT2D eigenvalue weighted by Gasteiger charge is -2.47. The Hall–Kier alpha value is -1.43. The average molecular weight is 309 g/mol. The molecule has 1 aromatic rings. The SMILES string of the molecule is CCC(C)C1NC(=O)C(C)(CC)N(Cc2cncs2)C1=O. The zero-order valence-electron chi connectivity index (χ0n) is 13.0. The number of carbonyl (C=O) groups is 2. The third-order valence-corrected chi connectivity index (χ3v) is 5.37. The predicted octanol–water partition coefficient (Wildman–Crippen LogP) is 2.18. The normalized spacial score (nSPS) is 27.6. The maximum absolute atomic E-state index is 12.9. The largest absolute Gasteiger partial charge is 0.342 e. The van der Waals surface area contributed by atoms with Crippen LogP contribution in [0.2, 0.25) is 0 Å². The first-order chi connectivity index (χ1) is 9.93. The molecular weight excluding hydrogens is 286 g/mol. The molecule has 0 bridgehead atoms. The first kappa shape index (κ1) is 15.9. The Bertz CT molecular complexity index is 517. The van der Waals surface area contributed by atoms with Gasteiger partial charge in [-0.25, -0.2) is 0 Å².